The van der Waals surface area contributed by atoms with E-state index in [1.165, 1.54) is 6.33 Å². The van der Waals surface area contributed by atoms with Crippen molar-refractivity contribution in [1.82, 2.24) is 25.0 Å². The molecule has 0 N–H and O–H groups in total. The number of nitrogens with zero attached hydrogens (tertiary/aromatic N) is 5. The Morgan fingerprint density at radius 2 is 1.71 bits per heavy atom. The highest BCUT2D eigenvalue weighted by Gasteiger charge is 2.15. The predicted octanol–water partition coefficient (Wildman–Crippen LogP) is 3.97. The lowest BCUT2D eigenvalue weighted by Gasteiger charge is -2.13. The number of fused-ring (bicyclic) bond motifs is 1. The van der Waals surface area contributed by atoms with Crippen molar-refractivity contribution in [1.29, 1.82) is 0 Å². The van der Waals surface area contributed by atoms with Gasteiger partial charge in [-0.15, -0.1) is 5.10 Å². The van der Waals surface area contributed by atoms with Crippen molar-refractivity contribution in [2.45, 2.75) is 32.7 Å². The summed E-state index contributed by atoms with van der Waals surface area (Å²) in [6.45, 7) is 4.20. The molecule has 0 saturated carbocycles. The van der Waals surface area contributed by atoms with Crippen molar-refractivity contribution in [2.75, 3.05) is 21.3 Å². The molecule has 0 saturated heterocycles. The van der Waals surface area contributed by atoms with E-state index in [9.17, 15) is 4.79 Å². The van der Waals surface area contributed by atoms with Gasteiger partial charge in [0.25, 0.3) is 0 Å². The van der Waals surface area contributed by atoms with Crippen molar-refractivity contribution in [3.8, 4) is 28.9 Å². The molecule has 0 atom stereocenters. The van der Waals surface area contributed by atoms with E-state index in [1.54, 1.807) is 62.5 Å². The molecule has 2 aromatic heterocycles. The summed E-state index contributed by atoms with van der Waals surface area (Å²) in [5.74, 6) is 2.74. The van der Waals surface area contributed by atoms with Crippen LogP contribution in [0.5, 0.6) is 28.9 Å². The van der Waals surface area contributed by atoms with Crippen LogP contribution in [0.25, 0.3) is 10.9 Å². The predicted molar refractivity (Wildman–Crippen MR) is 129 cm³/mol. The monoisotopic (exact) mass is 477 g/mol. The molecule has 0 bridgehead atoms. The van der Waals surface area contributed by atoms with Gasteiger partial charge in [0.05, 0.1) is 37.9 Å². The van der Waals surface area contributed by atoms with Gasteiger partial charge in [0, 0.05) is 30.3 Å². The van der Waals surface area contributed by atoms with Crippen LogP contribution < -0.4 is 18.9 Å². The fraction of sp³-hybridized carbons (Fsp3) is 0.320. The van der Waals surface area contributed by atoms with E-state index in [2.05, 4.69) is 20.3 Å². The van der Waals surface area contributed by atoms with Crippen molar-refractivity contribution < 1.29 is 23.7 Å². The minimum absolute atomic E-state index is 0.0139. The molecular weight excluding hydrogens is 450 g/mol. The topological polar surface area (TPSA) is 110 Å². The molecule has 0 fully saturated rings. The molecule has 35 heavy (non-hydrogen) atoms. The number of methoxy groups -OCH3 is 3. The standard InChI is InChI=1S/C25H27N5O5/c1-15(2)21-13-30(29-28-21)12-17(31)8-16-6-7-18(9-22(16)32-3)35-25-19-10-23(33-4)24(34-5)11-20(19)26-14-27-25/h6-7,9-11,13-15H,8,12H2,1-5H3. The SMILES string of the molecule is COc1cc(Oc2ncnc3cc(OC)c(OC)cc23)ccc1CC(=O)Cn1cc(C(C)C)nn1. The van der Waals surface area contributed by atoms with Gasteiger partial charge in [-0.05, 0) is 18.1 Å². The molecule has 0 aliphatic heterocycles. The molecule has 182 valence electrons. The van der Waals surface area contributed by atoms with Crippen LogP contribution in [0.2, 0.25) is 0 Å². The number of hydrogen-bond donors (Lipinski definition) is 0. The minimum atomic E-state index is -0.0139. The molecule has 0 unspecified atom stereocenters. The van der Waals surface area contributed by atoms with Crippen molar-refractivity contribution in [3.63, 3.8) is 0 Å². The third-order valence-corrected chi connectivity index (χ3v) is 5.45. The Labute approximate surface area is 202 Å². The summed E-state index contributed by atoms with van der Waals surface area (Å²) in [6, 6.07) is 8.83. The maximum absolute atomic E-state index is 12.6. The third kappa shape index (κ3) is 5.32. The molecule has 2 aromatic carbocycles. The lowest BCUT2D eigenvalue weighted by molar-refractivity contribution is -0.119. The number of hydrogen-bond acceptors (Lipinski definition) is 9. The van der Waals surface area contributed by atoms with Crippen LogP contribution in [0.4, 0.5) is 0 Å². The largest absolute Gasteiger partial charge is 0.496 e. The number of carbonyl (C=O) groups excluding carboxylic acids is 1. The fourth-order valence-corrected chi connectivity index (χ4v) is 3.59. The van der Waals surface area contributed by atoms with Gasteiger partial charge in [-0.25, -0.2) is 14.6 Å². The molecule has 10 nitrogen and oxygen atoms in total. The normalized spacial score (nSPS) is 11.0. The van der Waals surface area contributed by atoms with E-state index in [0.717, 1.165) is 11.3 Å². The molecule has 0 aliphatic carbocycles. The summed E-state index contributed by atoms with van der Waals surface area (Å²) < 4.78 is 23.9. The second kappa shape index (κ2) is 10.4. The third-order valence-electron chi connectivity index (χ3n) is 5.45. The first-order valence-corrected chi connectivity index (χ1v) is 11.0. The quantitative estimate of drug-likeness (QED) is 0.335. The van der Waals surface area contributed by atoms with Crippen LogP contribution >= 0.6 is 0 Å². The Morgan fingerprint density at radius 1 is 0.971 bits per heavy atom. The zero-order chi connectivity index (χ0) is 24.9. The Hall–Kier alpha value is -4.21. The molecular formula is C25H27N5O5. The van der Waals surface area contributed by atoms with Crippen molar-refractivity contribution >= 4 is 16.7 Å². The molecule has 2 heterocycles. The molecule has 10 heteroatoms. The van der Waals surface area contributed by atoms with Gasteiger partial charge in [0.15, 0.2) is 17.3 Å². The van der Waals surface area contributed by atoms with E-state index < -0.39 is 0 Å². The first-order chi connectivity index (χ1) is 16.9. The van der Waals surface area contributed by atoms with Crippen molar-refractivity contribution in [3.05, 3.63) is 54.1 Å². The van der Waals surface area contributed by atoms with Gasteiger partial charge >= 0.3 is 0 Å². The molecule has 0 amide bonds. The number of rotatable bonds is 10. The Bertz CT molecular complexity index is 1350. The zero-order valence-corrected chi connectivity index (χ0v) is 20.3. The number of carbonyl (C=O) groups is 1. The lowest BCUT2D eigenvalue weighted by atomic mass is 10.1. The van der Waals surface area contributed by atoms with E-state index in [0.29, 0.717) is 39.8 Å². The van der Waals surface area contributed by atoms with Gasteiger partial charge in [0.2, 0.25) is 5.88 Å². The molecule has 0 aliphatic rings. The van der Waals surface area contributed by atoms with Crippen LogP contribution in [0.3, 0.4) is 0 Å². The van der Waals surface area contributed by atoms with Gasteiger partial charge < -0.3 is 18.9 Å². The Balaban J connectivity index is 1.53. The number of benzene rings is 2. The fourth-order valence-electron chi connectivity index (χ4n) is 3.59. The Morgan fingerprint density at radius 3 is 2.40 bits per heavy atom. The van der Waals surface area contributed by atoms with E-state index >= 15 is 0 Å². The van der Waals surface area contributed by atoms with Crippen LogP contribution in [0.1, 0.15) is 31.0 Å². The average Bonchev–Trinajstić information content (AvgIpc) is 3.33. The molecule has 0 spiro atoms. The Kier molecular flexibility index (Phi) is 7.09. The zero-order valence-electron chi connectivity index (χ0n) is 20.3. The van der Waals surface area contributed by atoms with Gasteiger partial charge in [-0.3, -0.25) is 4.79 Å². The molecule has 0 radical (unpaired) electrons. The van der Waals surface area contributed by atoms with Gasteiger partial charge in [-0.1, -0.05) is 25.1 Å². The second-order valence-electron chi connectivity index (χ2n) is 8.19. The van der Waals surface area contributed by atoms with Gasteiger partial charge in [-0.2, -0.15) is 0 Å². The van der Waals surface area contributed by atoms with Crippen molar-refractivity contribution in [2.24, 2.45) is 0 Å². The maximum Gasteiger partial charge on any atom is 0.230 e. The van der Waals surface area contributed by atoms with Crippen LogP contribution in [-0.4, -0.2) is 52.1 Å². The van der Waals surface area contributed by atoms with E-state index in [4.69, 9.17) is 18.9 Å². The first-order valence-electron chi connectivity index (χ1n) is 11.0. The first kappa shape index (κ1) is 23.9. The minimum Gasteiger partial charge on any atom is -0.496 e. The summed E-state index contributed by atoms with van der Waals surface area (Å²) >= 11 is 0. The average molecular weight is 478 g/mol. The second-order valence-corrected chi connectivity index (χ2v) is 8.19. The summed E-state index contributed by atoms with van der Waals surface area (Å²) in [5, 5.41) is 8.80. The number of Topliss-reactive ketones (excluding diaryl/α,β-unsaturated/α-hetero) is 1. The van der Waals surface area contributed by atoms with Crippen LogP contribution in [-0.2, 0) is 17.8 Å². The molecule has 4 aromatic rings. The van der Waals surface area contributed by atoms with E-state index in [1.807, 2.05) is 13.8 Å². The lowest BCUT2D eigenvalue weighted by Crippen LogP contribution is -2.13. The maximum atomic E-state index is 12.6. The van der Waals surface area contributed by atoms with Crippen LogP contribution in [0.15, 0.2) is 42.9 Å². The van der Waals surface area contributed by atoms with Gasteiger partial charge in [0.1, 0.15) is 24.4 Å². The molecule has 4 rings (SSSR count). The number of ketones is 1. The highest BCUT2D eigenvalue weighted by atomic mass is 16.5. The number of aromatic nitrogens is 5. The summed E-state index contributed by atoms with van der Waals surface area (Å²) in [4.78, 5) is 21.2. The number of ether oxygens (including phenoxy) is 4. The summed E-state index contributed by atoms with van der Waals surface area (Å²) in [7, 11) is 4.68. The summed E-state index contributed by atoms with van der Waals surface area (Å²) in [6.07, 6.45) is 3.41. The smallest absolute Gasteiger partial charge is 0.230 e. The highest BCUT2D eigenvalue weighted by Crippen LogP contribution is 2.36. The summed E-state index contributed by atoms with van der Waals surface area (Å²) in [5.41, 5.74) is 2.24. The van der Waals surface area contributed by atoms with Crippen LogP contribution in [0, 0.1) is 0 Å². The van der Waals surface area contributed by atoms with E-state index in [-0.39, 0.29) is 24.7 Å². The highest BCUT2D eigenvalue weighted by molar-refractivity contribution is 5.87.